The van der Waals surface area contributed by atoms with E-state index in [0.717, 1.165) is 22.5 Å². The molecule has 0 aliphatic heterocycles. The van der Waals surface area contributed by atoms with Crippen molar-refractivity contribution in [2.24, 2.45) is 5.16 Å². The summed E-state index contributed by atoms with van der Waals surface area (Å²) in [6.07, 6.45) is 1.73. The van der Waals surface area contributed by atoms with Gasteiger partial charge in [-0.3, -0.25) is 0 Å². The summed E-state index contributed by atoms with van der Waals surface area (Å²) in [6, 6.07) is 18.1. The fourth-order valence-corrected chi connectivity index (χ4v) is 3.30. The number of aryl methyl sites for hydroxylation is 3. The number of rotatable bonds is 5. The number of oxime groups is 1. The monoisotopic (exact) mass is 357 g/mol. The lowest BCUT2D eigenvalue weighted by atomic mass is 10.1. The molecule has 136 valence electrons. The Bertz CT molecular complexity index is 1040. The van der Waals surface area contributed by atoms with Gasteiger partial charge in [0.2, 0.25) is 0 Å². The van der Waals surface area contributed by atoms with Crippen LogP contribution in [0, 0.1) is 39.0 Å². The Hall–Kier alpha value is -3.32. The van der Waals surface area contributed by atoms with Gasteiger partial charge in [-0.1, -0.05) is 41.1 Å². The van der Waals surface area contributed by atoms with E-state index in [-0.39, 0.29) is 6.61 Å². The first-order chi connectivity index (χ1) is 13.0. The third-order valence-corrected chi connectivity index (χ3v) is 4.69. The lowest BCUT2D eigenvalue weighted by Gasteiger charge is -2.13. The van der Waals surface area contributed by atoms with Crippen molar-refractivity contribution >= 4 is 6.21 Å². The summed E-state index contributed by atoms with van der Waals surface area (Å²) in [5, 5.41) is 13.2. The van der Waals surface area contributed by atoms with Crippen molar-refractivity contribution in [3.63, 3.8) is 0 Å². The predicted molar refractivity (Wildman–Crippen MR) is 108 cm³/mol. The Labute approximate surface area is 160 Å². The Kier molecular flexibility index (Phi) is 5.42. The van der Waals surface area contributed by atoms with Crippen LogP contribution < -0.4 is 0 Å². The average Bonchev–Trinajstić information content (AvgIpc) is 2.93. The van der Waals surface area contributed by atoms with E-state index < -0.39 is 0 Å². The molecule has 2 aromatic carbocycles. The van der Waals surface area contributed by atoms with Crippen molar-refractivity contribution in [2.45, 2.75) is 34.3 Å². The highest BCUT2D eigenvalue weighted by atomic mass is 16.6. The first kappa shape index (κ1) is 18.5. The molecule has 4 nitrogen and oxygen atoms in total. The SMILES string of the molecule is Cc1ccc(-n2c(C)cc(/C=N\OCc3ccccc3C#N)c2C)c(C)c1. The van der Waals surface area contributed by atoms with E-state index in [9.17, 15) is 0 Å². The van der Waals surface area contributed by atoms with Gasteiger partial charge in [0, 0.05) is 28.2 Å². The maximum absolute atomic E-state index is 9.12. The van der Waals surface area contributed by atoms with Gasteiger partial charge >= 0.3 is 0 Å². The van der Waals surface area contributed by atoms with Gasteiger partial charge < -0.3 is 9.40 Å². The van der Waals surface area contributed by atoms with E-state index >= 15 is 0 Å². The molecule has 0 aliphatic carbocycles. The van der Waals surface area contributed by atoms with Crippen LogP contribution in [0.3, 0.4) is 0 Å². The number of nitriles is 1. The van der Waals surface area contributed by atoms with Crippen LogP contribution in [0.4, 0.5) is 0 Å². The highest BCUT2D eigenvalue weighted by Crippen LogP contribution is 2.23. The van der Waals surface area contributed by atoms with Crippen molar-refractivity contribution in [1.29, 1.82) is 5.26 Å². The topological polar surface area (TPSA) is 50.3 Å². The van der Waals surface area contributed by atoms with Crippen LogP contribution in [0.2, 0.25) is 0 Å². The third-order valence-electron chi connectivity index (χ3n) is 4.69. The molecule has 0 fully saturated rings. The lowest BCUT2D eigenvalue weighted by Crippen LogP contribution is -2.02. The normalized spacial score (nSPS) is 10.9. The standard InChI is InChI=1S/C23H23N3O/c1-16-9-10-23(17(2)11-16)26-18(3)12-22(19(26)4)14-25-27-15-21-8-6-5-7-20(21)13-24/h5-12,14H,15H2,1-4H3/b25-14-. The minimum Gasteiger partial charge on any atom is -0.391 e. The zero-order chi connectivity index (χ0) is 19.4. The molecule has 0 bridgehead atoms. The summed E-state index contributed by atoms with van der Waals surface area (Å²) < 4.78 is 2.24. The largest absolute Gasteiger partial charge is 0.391 e. The lowest BCUT2D eigenvalue weighted by molar-refractivity contribution is 0.132. The highest BCUT2D eigenvalue weighted by Gasteiger charge is 2.11. The molecule has 4 heteroatoms. The molecule has 1 heterocycles. The molecule has 0 N–H and O–H groups in total. The maximum Gasteiger partial charge on any atom is 0.143 e. The van der Waals surface area contributed by atoms with E-state index in [1.54, 1.807) is 12.3 Å². The fraction of sp³-hybridized carbons (Fsp3) is 0.217. The second kappa shape index (κ2) is 7.92. The fourth-order valence-electron chi connectivity index (χ4n) is 3.30. The first-order valence-corrected chi connectivity index (χ1v) is 8.91. The van der Waals surface area contributed by atoms with Crippen molar-refractivity contribution in [3.8, 4) is 11.8 Å². The second-order valence-electron chi connectivity index (χ2n) is 6.73. The van der Waals surface area contributed by atoms with Crippen LogP contribution in [0.1, 0.15) is 39.2 Å². The van der Waals surface area contributed by atoms with Crippen LogP contribution in [0.25, 0.3) is 5.69 Å². The predicted octanol–water partition coefficient (Wildman–Crippen LogP) is 5.13. The van der Waals surface area contributed by atoms with Gasteiger partial charge in [-0.15, -0.1) is 0 Å². The van der Waals surface area contributed by atoms with Crippen LogP contribution in [-0.4, -0.2) is 10.8 Å². The van der Waals surface area contributed by atoms with Gasteiger partial charge in [-0.05, 0) is 51.5 Å². The highest BCUT2D eigenvalue weighted by molar-refractivity contribution is 5.81. The summed E-state index contributed by atoms with van der Waals surface area (Å²) in [5.41, 5.74) is 8.40. The zero-order valence-electron chi connectivity index (χ0n) is 16.2. The number of aromatic nitrogens is 1. The van der Waals surface area contributed by atoms with E-state index in [1.807, 2.05) is 18.2 Å². The molecule has 0 atom stereocenters. The Balaban J connectivity index is 1.79. The molecule has 0 spiro atoms. The van der Waals surface area contributed by atoms with E-state index in [2.05, 4.69) is 67.8 Å². The average molecular weight is 357 g/mol. The molecule has 0 unspecified atom stereocenters. The summed E-state index contributed by atoms with van der Waals surface area (Å²) >= 11 is 0. The van der Waals surface area contributed by atoms with Gasteiger partial charge in [0.15, 0.2) is 0 Å². The summed E-state index contributed by atoms with van der Waals surface area (Å²) in [4.78, 5) is 5.42. The molecule has 3 aromatic rings. The minimum atomic E-state index is 0.274. The van der Waals surface area contributed by atoms with Gasteiger partial charge in [0.25, 0.3) is 0 Å². The smallest absolute Gasteiger partial charge is 0.143 e. The molecule has 0 radical (unpaired) electrons. The van der Waals surface area contributed by atoms with Crippen molar-refractivity contribution in [1.82, 2.24) is 4.57 Å². The molecule has 0 amide bonds. The van der Waals surface area contributed by atoms with Crippen LogP contribution in [0.5, 0.6) is 0 Å². The van der Waals surface area contributed by atoms with Gasteiger partial charge in [-0.2, -0.15) is 5.26 Å². The molecule has 0 aliphatic rings. The molecule has 1 aromatic heterocycles. The zero-order valence-corrected chi connectivity index (χ0v) is 16.2. The van der Waals surface area contributed by atoms with Crippen molar-refractivity contribution < 1.29 is 4.84 Å². The van der Waals surface area contributed by atoms with E-state index in [0.29, 0.717) is 5.56 Å². The third kappa shape index (κ3) is 3.93. The van der Waals surface area contributed by atoms with E-state index in [4.69, 9.17) is 10.1 Å². The molecule has 27 heavy (non-hydrogen) atoms. The Morgan fingerprint density at radius 1 is 1.07 bits per heavy atom. The van der Waals surface area contributed by atoms with Crippen molar-refractivity contribution in [3.05, 3.63) is 87.7 Å². The Morgan fingerprint density at radius 3 is 2.59 bits per heavy atom. The van der Waals surface area contributed by atoms with Crippen LogP contribution in [0.15, 0.2) is 53.7 Å². The van der Waals surface area contributed by atoms with Crippen LogP contribution in [-0.2, 0) is 11.4 Å². The summed E-state index contributed by atoms with van der Waals surface area (Å²) in [7, 11) is 0. The quantitative estimate of drug-likeness (QED) is 0.469. The molecule has 3 rings (SSSR count). The van der Waals surface area contributed by atoms with Gasteiger partial charge in [0.1, 0.15) is 6.61 Å². The maximum atomic E-state index is 9.12. The second-order valence-corrected chi connectivity index (χ2v) is 6.73. The van der Waals surface area contributed by atoms with Gasteiger partial charge in [0.05, 0.1) is 17.8 Å². The number of hydrogen-bond donors (Lipinski definition) is 0. The molecular weight excluding hydrogens is 334 g/mol. The van der Waals surface area contributed by atoms with Crippen molar-refractivity contribution in [2.75, 3.05) is 0 Å². The molecule has 0 saturated heterocycles. The van der Waals surface area contributed by atoms with Crippen LogP contribution >= 0.6 is 0 Å². The number of hydrogen-bond acceptors (Lipinski definition) is 3. The minimum absolute atomic E-state index is 0.274. The van der Waals surface area contributed by atoms with E-state index in [1.165, 1.54) is 16.8 Å². The molecule has 0 saturated carbocycles. The number of nitrogens with zero attached hydrogens (tertiary/aromatic N) is 3. The van der Waals surface area contributed by atoms with Gasteiger partial charge in [-0.25, -0.2) is 0 Å². The summed E-state index contributed by atoms with van der Waals surface area (Å²) in [5.74, 6) is 0. The first-order valence-electron chi connectivity index (χ1n) is 8.91. The Morgan fingerprint density at radius 2 is 1.85 bits per heavy atom. The number of benzene rings is 2. The summed E-state index contributed by atoms with van der Waals surface area (Å²) in [6.45, 7) is 8.68. The molecular formula is C23H23N3O.